The van der Waals surface area contributed by atoms with Crippen molar-refractivity contribution in [1.29, 1.82) is 0 Å². The molecule has 33 heavy (non-hydrogen) atoms. The quantitative estimate of drug-likeness (QED) is 0.481. The number of hydrogen-bond donors (Lipinski definition) is 1. The number of aromatic nitrogens is 6. The molecule has 4 heterocycles. The molecule has 0 radical (unpaired) electrons. The average Bonchev–Trinajstić information content (AvgIpc) is 3.19. The third-order valence-corrected chi connectivity index (χ3v) is 6.02. The minimum atomic E-state index is -0.188. The zero-order chi connectivity index (χ0) is 22.9. The number of aryl methyl sites for hydroxylation is 1. The molecule has 1 saturated heterocycles. The first kappa shape index (κ1) is 21.1. The fourth-order valence-electron chi connectivity index (χ4n) is 4.41. The van der Waals surface area contributed by atoms with Crippen molar-refractivity contribution >= 4 is 28.0 Å². The number of para-hydroxylation sites is 1. The van der Waals surface area contributed by atoms with Crippen LogP contribution in [0.5, 0.6) is 0 Å². The highest BCUT2D eigenvalue weighted by Gasteiger charge is 2.24. The van der Waals surface area contributed by atoms with Gasteiger partial charge in [-0.2, -0.15) is 4.98 Å². The summed E-state index contributed by atoms with van der Waals surface area (Å²) in [6.07, 6.45) is 3.50. The van der Waals surface area contributed by atoms with Crippen LogP contribution < -0.4 is 16.2 Å². The predicted octanol–water partition coefficient (Wildman–Crippen LogP) is 1.84. The van der Waals surface area contributed by atoms with Crippen LogP contribution >= 0.6 is 0 Å². The molecule has 1 aliphatic heterocycles. The zero-order valence-corrected chi connectivity index (χ0v) is 18.8. The predicted molar refractivity (Wildman–Crippen MR) is 128 cm³/mol. The lowest BCUT2D eigenvalue weighted by atomic mass is 10.1. The molecule has 0 saturated carbocycles. The van der Waals surface area contributed by atoms with Gasteiger partial charge in [-0.25, -0.2) is 15.0 Å². The Hall–Kier alpha value is -3.77. The number of nitrogens with zero attached hydrogens (tertiary/aromatic N) is 7. The van der Waals surface area contributed by atoms with Gasteiger partial charge in [0.15, 0.2) is 11.2 Å². The van der Waals surface area contributed by atoms with Gasteiger partial charge in [0.2, 0.25) is 5.95 Å². The van der Waals surface area contributed by atoms with Crippen LogP contribution in [0.15, 0.2) is 35.4 Å². The highest BCUT2D eigenvalue weighted by Crippen LogP contribution is 2.22. The summed E-state index contributed by atoms with van der Waals surface area (Å²) in [5.74, 6) is 7.25. The van der Waals surface area contributed by atoms with Gasteiger partial charge < -0.3 is 10.6 Å². The van der Waals surface area contributed by atoms with Gasteiger partial charge in [-0.15, -0.1) is 5.92 Å². The lowest BCUT2D eigenvalue weighted by molar-refractivity contribution is 0.496. The van der Waals surface area contributed by atoms with Gasteiger partial charge in [0.1, 0.15) is 12.2 Å². The highest BCUT2D eigenvalue weighted by atomic mass is 16.1. The van der Waals surface area contributed by atoms with E-state index >= 15 is 0 Å². The Morgan fingerprint density at radius 3 is 2.88 bits per heavy atom. The van der Waals surface area contributed by atoms with Crippen LogP contribution in [0.2, 0.25) is 0 Å². The first-order chi connectivity index (χ1) is 16.0. The van der Waals surface area contributed by atoms with Gasteiger partial charge in [0.25, 0.3) is 5.56 Å². The number of hydrogen-bond acceptors (Lipinski definition) is 7. The molecular weight excluding hydrogens is 416 g/mol. The lowest BCUT2D eigenvalue weighted by Gasteiger charge is -2.31. The fourth-order valence-corrected chi connectivity index (χ4v) is 4.41. The van der Waals surface area contributed by atoms with Gasteiger partial charge in [0.05, 0.1) is 18.6 Å². The van der Waals surface area contributed by atoms with Crippen LogP contribution in [-0.4, -0.2) is 48.2 Å². The largest absolute Gasteiger partial charge is 0.341 e. The summed E-state index contributed by atoms with van der Waals surface area (Å²) >= 11 is 0. The molecule has 0 spiro atoms. The molecule has 0 bridgehead atoms. The normalized spacial score (nSPS) is 16.2. The number of rotatable bonds is 4. The summed E-state index contributed by atoms with van der Waals surface area (Å²) in [4.78, 5) is 34.1. The van der Waals surface area contributed by atoms with Crippen LogP contribution in [0, 0.1) is 18.8 Å². The average molecular weight is 443 g/mol. The van der Waals surface area contributed by atoms with Gasteiger partial charge in [-0.05, 0) is 32.8 Å². The van der Waals surface area contributed by atoms with Crippen molar-refractivity contribution in [3.63, 3.8) is 0 Å². The molecule has 1 aromatic carbocycles. The zero-order valence-electron chi connectivity index (χ0n) is 18.8. The number of anilines is 1. The van der Waals surface area contributed by atoms with Crippen molar-refractivity contribution in [2.24, 2.45) is 5.73 Å². The fraction of sp³-hybridized carbons (Fsp3) is 0.375. The number of imidazole rings is 1. The van der Waals surface area contributed by atoms with E-state index in [0.717, 1.165) is 36.0 Å². The highest BCUT2D eigenvalue weighted by molar-refractivity contribution is 5.80. The Labute approximate surface area is 191 Å². The first-order valence-electron chi connectivity index (χ1n) is 11.1. The van der Waals surface area contributed by atoms with E-state index in [1.807, 2.05) is 35.8 Å². The van der Waals surface area contributed by atoms with Gasteiger partial charge in [-0.1, -0.05) is 24.1 Å². The van der Waals surface area contributed by atoms with Crippen LogP contribution in [-0.2, 0) is 13.1 Å². The van der Waals surface area contributed by atoms with E-state index < -0.39 is 0 Å². The van der Waals surface area contributed by atoms with Crippen molar-refractivity contribution in [3.8, 4) is 11.8 Å². The van der Waals surface area contributed by atoms with E-state index in [4.69, 9.17) is 10.7 Å². The number of fused-ring (bicyclic) bond motifs is 2. The lowest BCUT2D eigenvalue weighted by Crippen LogP contribution is -2.44. The topological polar surface area (TPSA) is 108 Å². The van der Waals surface area contributed by atoms with Crippen LogP contribution in [0.3, 0.4) is 0 Å². The standard InChI is InChI=1S/C24H26N8O/c1-3-4-12-32-21-22(29-24(32)30-11-7-8-17(25)13-30)26-15-31(23(21)33)14-20-27-16(2)18-9-5-6-10-19(18)28-20/h5-6,9-10,15,17H,7-8,11-14,25H2,1-2H3/t17-/m1/s1. The molecule has 0 unspecified atom stereocenters. The summed E-state index contributed by atoms with van der Waals surface area (Å²) < 4.78 is 3.40. The number of piperidine rings is 1. The molecule has 168 valence electrons. The van der Waals surface area contributed by atoms with E-state index in [9.17, 15) is 4.79 Å². The van der Waals surface area contributed by atoms with Crippen molar-refractivity contribution in [3.05, 3.63) is 52.5 Å². The van der Waals surface area contributed by atoms with Gasteiger partial charge in [-0.3, -0.25) is 13.9 Å². The Balaban J connectivity index is 1.59. The third-order valence-electron chi connectivity index (χ3n) is 6.02. The maximum absolute atomic E-state index is 13.5. The molecule has 3 aromatic heterocycles. The minimum Gasteiger partial charge on any atom is -0.341 e. The number of nitrogens with two attached hydrogens (primary N) is 1. The molecule has 1 fully saturated rings. The summed E-state index contributed by atoms with van der Waals surface area (Å²) in [7, 11) is 0. The van der Waals surface area contributed by atoms with Crippen LogP contribution in [0.25, 0.3) is 22.1 Å². The summed E-state index contributed by atoms with van der Waals surface area (Å²) in [6, 6.07) is 7.94. The molecule has 9 heteroatoms. The second-order valence-corrected chi connectivity index (χ2v) is 8.37. The second kappa shape index (κ2) is 8.64. The van der Waals surface area contributed by atoms with E-state index in [1.165, 1.54) is 10.9 Å². The maximum Gasteiger partial charge on any atom is 0.280 e. The van der Waals surface area contributed by atoms with Gasteiger partial charge in [0, 0.05) is 30.2 Å². The SMILES string of the molecule is CC#CCn1c(N2CCC[C@@H](N)C2)nc2ncn(Cc3nc(C)c4ccccc4n3)c(=O)c21. The summed E-state index contributed by atoms with van der Waals surface area (Å²) in [5.41, 5.74) is 8.60. The van der Waals surface area contributed by atoms with Crippen LogP contribution in [0.4, 0.5) is 5.95 Å². The van der Waals surface area contributed by atoms with E-state index in [-0.39, 0.29) is 18.1 Å². The Bertz CT molecular complexity index is 1460. The molecule has 1 aliphatic rings. The molecule has 9 nitrogen and oxygen atoms in total. The number of benzene rings is 1. The van der Waals surface area contributed by atoms with Crippen molar-refractivity contribution < 1.29 is 0 Å². The van der Waals surface area contributed by atoms with E-state index in [2.05, 4.69) is 31.7 Å². The Kier molecular flexibility index (Phi) is 5.52. The van der Waals surface area contributed by atoms with Crippen molar-refractivity contribution in [2.45, 2.75) is 45.8 Å². The van der Waals surface area contributed by atoms with E-state index in [1.54, 1.807) is 6.92 Å². The third kappa shape index (κ3) is 3.94. The first-order valence-corrected chi connectivity index (χ1v) is 11.1. The van der Waals surface area contributed by atoms with E-state index in [0.29, 0.717) is 36.0 Å². The molecule has 1 atom stereocenters. The molecule has 0 aliphatic carbocycles. The molecule has 0 amide bonds. The monoisotopic (exact) mass is 442 g/mol. The molecule has 2 N–H and O–H groups in total. The summed E-state index contributed by atoms with van der Waals surface area (Å²) in [5, 5.41) is 1.00. The van der Waals surface area contributed by atoms with Gasteiger partial charge >= 0.3 is 0 Å². The maximum atomic E-state index is 13.5. The molecule has 5 rings (SSSR count). The summed E-state index contributed by atoms with van der Waals surface area (Å²) in [6.45, 7) is 5.86. The van der Waals surface area contributed by atoms with Crippen molar-refractivity contribution in [1.82, 2.24) is 29.1 Å². The molecule has 4 aromatic rings. The smallest absolute Gasteiger partial charge is 0.280 e. The second-order valence-electron chi connectivity index (χ2n) is 8.37. The van der Waals surface area contributed by atoms with Crippen molar-refractivity contribution in [2.75, 3.05) is 18.0 Å². The van der Waals surface area contributed by atoms with Crippen LogP contribution in [0.1, 0.15) is 31.3 Å². The molecular formula is C24H26N8O. The minimum absolute atomic E-state index is 0.0854. The Morgan fingerprint density at radius 2 is 2.06 bits per heavy atom. The Morgan fingerprint density at radius 1 is 1.21 bits per heavy atom.